The molecule has 8 heteroatoms. The van der Waals surface area contributed by atoms with Crippen molar-refractivity contribution in [1.29, 1.82) is 5.26 Å². The van der Waals surface area contributed by atoms with Gasteiger partial charge in [-0.1, -0.05) is 30.3 Å². The Morgan fingerprint density at radius 3 is 2.42 bits per heavy atom. The fourth-order valence-corrected chi connectivity index (χ4v) is 4.26. The van der Waals surface area contributed by atoms with Crippen LogP contribution < -0.4 is 0 Å². The highest BCUT2D eigenvalue weighted by atomic mass is 19.1. The highest BCUT2D eigenvalue weighted by molar-refractivity contribution is 5.98. The van der Waals surface area contributed by atoms with Crippen LogP contribution in [0.25, 0.3) is 0 Å². The summed E-state index contributed by atoms with van der Waals surface area (Å²) in [4.78, 5) is 27.3. The van der Waals surface area contributed by atoms with Gasteiger partial charge in [0.2, 0.25) is 0 Å². The van der Waals surface area contributed by atoms with Crippen molar-refractivity contribution < 1.29 is 27.8 Å². The summed E-state index contributed by atoms with van der Waals surface area (Å²) >= 11 is 0. The largest absolute Gasteiger partial charge is 0.445 e. The standard InChI is InChI=1S/C23H20F2N2O4/c24-20-9-19(21(25)8-16(20)10-26)22(28)15-6-17-12-30-13-18(7-15)27(17)23(29)31-11-14-4-2-1-3-5-14/h1-5,8-9,15,17-18H,6-7,11-13H2. The molecule has 160 valence electrons. The van der Waals surface area contributed by atoms with Crippen molar-refractivity contribution in [3.63, 3.8) is 0 Å². The highest BCUT2D eigenvalue weighted by Gasteiger charge is 2.45. The van der Waals surface area contributed by atoms with Crippen LogP contribution in [-0.4, -0.2) is 42.1 Å². The number of ketones is 1. The first-order valence-corrected chi connectivity index (χ1v) is 9.98. The topological polar surface area (TPSA) is 79.6 Å². The monoisotopic (exact) mass is 426 g/mol. The molecule has 0 aromatic heterocycles. The lowest BCUT2D eigenvalue weighted by atomic mass is 9.80. The molecule has 6 nitrogen and oxygen atoms in total. The van der Waals surface area contributed by atoms with Gasteiger partial charge in [-0.15, -0.1) is 0 Å². The SMILES string of the molecule is N#Cc1cc(F)c(C(=O)C2CC3COCC(C2)N3C(=O)OCc2ccccc2)cc1F. The summed E-state index contributed by atoms with van der Waals surface area (Å²) in [5.41, 5.74) is 0.0385. The number of nitriles is 1. The van der Waals surface area contributed by atoms with Gasteiger partial charge in [-0.05, 0) is 30.5 Å². The molecule has 2 atom stereocenters. The number of rotatable bonds is 4. The summed E-state index contributed by atoms with van der Waals surface area (Å²) < 4.78 is 39.3. The molecule has 31 heavy (non-hydrogen) atoms. The van der Waals surface area contributed by atoms with Gasteiger partial charge in [-0.3, -0.25) is 9.69 Å². The van der Waals surface area contributed by atoms with Gasteiger partial charge in [-0.25, -0.2) is 13.6 Å². The number of hydrogen-bond donors (Lipinski definition) is 0. The quantitative estimate of drug-likeness (QED) is 0.694. The number of fused-ring (bicyclic) bond motifs is 2. The van der Waals surface area contributed by atoms with E-state index in [4.69, 9.17) is 14.7 Å². The van der Waals surface area contributed by atoms with Crippen molar-refractivity contribution in [2.45, 2.75) is 31.5 Å². The predicted octanol–water partition coefficient (Wildman–Crippen LogP) is 3.84. The maximum atomic E-state index is 14.3. The third-order valence-electron chi connectivity index (χ3n) is 5.75. The maximum absolute atomic E-state index is 14.3. The smallest absolute Gasteiger partial charge is 0.410 e. The first-order valence-electron chi connectivity index (χ1n) is 9.98. The minimum Gasteiger partial charge on any atom is -0.445 e. The van der Waals surface area contributed by atoms with Gasteiger partial charge in [0.15, 0.2) is 5.78 Å². The second-order valence-electron chi connectivity index (χ2n) is 7.75. The van der Waals surface area contributed by atoms with Gasteiger partial charge < -0.3 is 9.47 Å². The van der Waals surface area contributed by atoms with Crippen LogP contribution in [0.4, 0.5) is 13.6 Å². The summed E-state index contributed by atoms with van der Waals surface area (Å²) in [5.74, 6) is -2.97. The molecule has 2 fully saturated rings. The Kier molecular flexibility index (Phi) is 5.96. The van der Waals surface area contributed by atoms with E-state index in [1.807, 2.05) is 30.3 Å². The molecular formula is C23H20F2N2O4. The fraction of sp³-hybridized carbons (Fsp3) is 0.348. The van der Waals surface area contributed by atoms with Crippen LogP contribution in [0.5, 0.6) is 0 Å². The van der Waals surface area contributed by atoms with Crippen LogP contribution in [0.15, 0.2) is 42.5 Å². The number of piperidine rings is 1. The van der Waals surface area contributed by atoms with Crippen molar-refractivity contribution in [3.05, 3.63) is 70.8 Å². The summed E-state index contributed by atoms with van der Waals surface area (Å²) in [6, 6.07) is 11.6. The molecule has 0 aliphatic carbocycles. The maximum Gasteiger partial charge on any atom is 0.410 e. The third kappa shape index (κ3) is 4.28. The Bertz CT molecular complexity index is 1020. The molecule has 2 aromatic carbocycles. The molecule has 2 aliphatic heterocycles. The highest BCUT2D eigenvalue weighted by Crippen LogP contribution is 2.35. The van der Waals surface area contributed by atoms with Gasteiger partial charge in [-0.2, -0.15) is 5.26 Å². The van der Waals surface area contributed by atoms with Crippen molar-refractivity contribution in [2.24, 2.45) is 5.92 Å². The molecular weight excluding hydrogens is 406 g/mol. The van der Waals surface area contributed by atoms with E-state index in [-0.39, 0.29) is 38.2 Å². The van der Waals surface area contributed by atoms with Gasteiger partial charge >= 0.3 is 6.09 Å². The zero-order valence-electron chi connectivity index (χ0n) is 16.6. The summed E-state index contributed by atoms with van der Waals surface area (Å²) in [6.45, 7) is 0.615. The number of hydrogen-bond acceptors (Lipinski definition) is 5. The molecule has 4 rings (SSSR count). The summed E-state index contributed by atoms with van der Waals surface area (Å²) in [5, 5.41) is 8.82. The zero-order chi connectivity index (χ0) is 22.0. The van der Waals surface area contributed by atoms with E-state index in [0.717, 1.165) is 17.7 Å². The molecule has 0 saturated carbocycles. The number of nitrogens with zero attached hydrogens (tertiary/aromatic N) is 2. The van der Waals surface area contributed by atoms with Crippen molar-refractivity contribution in [3.8, 4) is 6.07 Å². The second-order valence-corrected chi connectivity index (χ2v) is 7.75. The fourth-order valence-electron chi connectivity index (χ4n) is 4.26. The molecule has 0 radical (unpaired) electrons. The van der Waals surface area contributed by atoms with Gasteiger partial charge in [0.25, 0.3) is 0 Å². The number of carbonyl (C=O) groups is 2. The summed E-state index contributed by atoms with van der Waals surface area (Å²) in [7, 11) is 0. The molecule has 2 unspecified atom stereocenters. The number of amides is 1. The normalized spacial score (nSPS) is 22.5. The first-order chi connectivity index (χ1) is 15.0. The van der Waals surface area contributed by atoms with E-state index in [1.165, 1.54) is 0 Å². The summed E-state index contributed by atoms with van der Waals surface area (Å²) in [6.07, 6.45) is 0.0388. The van der Waals surface area contributed by atoms with Crippen LogP contribution in [-0.2, 0) is 16.1 Å². The molecule has 0 spiro atoms. The second kappa shape index (κ2) is 8.82. The Morgan fingerprint density at radius 1 is 1.10 bits per heavy atom. The molecule has 2 aliphatic rings. The number of carbonyl (C=O) groups excluding carboxylic acids is 2. The number of Topliss-reactive ketones (excluding diaryl/α,β-unsaturated/α-hetero) is 1. The first kappa shape index (κ1) is 20.9. The van der Waals surface area contributed by atoms with E-state index in [2.05, 4.69) is 0 Å². The molecule has 1 amide bonds. The average molecular weight is 426 g/mol. The van der Waals surface area contributed by atoms with Crippen LogP contribution in [0, 0.1) is 28.9 Å². The van der Waals surface area contributed by atoms with Crippen molar-refractivity contribution in [1.82, 2.24) is 4.90 Å². The van der Waals surface area contributed by atoms with Crippen molar-refractivity contribution in [2.75, 3.05) is 13.2 Å². The minimum atomic E-state index is -0.933. The lowest BCUT2D eigenvalue weighted by Crippen LogP contribution is -2.60. The van der Waals surface area contributed by atoms with Crippen LogP contribution in [0.3, 0.4) is 0 Å². The molecule has 2 bridgehead atoms. The van der Waals surface area contributed by atoms with E-state index in [0.29, 0.717) is 0 Å². The van der Waals surface area contributed by atoms with Crippen LogP contribution >= 0.6 is 0 Å². The van der Waals surface area contributed by atoms with Gasteiger partial charge in [0, 0.05) is 5.92 Å². The zero-order valence-corrected chi connectivity index (χ0v) is 16.6. The minimum absolute atomic E-state index is 0.133. The Hall–Kier alpha value is -3.31. The predicted molar refractivity (Wildman–Crippen MR) is 105 cm³/mol. The lowest BCUT2D eigenvalue weighted by Gasteiger charge is -2.47. The van der Waals surface area contributed by atoms with Crippen LogP contribution in [0.2, 0.25) is 0 Å². The molecule has 2 heterocycles. The van der Waals surface area contributed by atoms with E-state index in [9.17, 15) is 18.4 Å². The van der Waals surface area contributed by atoms with Gasteiger partial charge in [0.1, 0.15) is 24.3 Å². The number of morpholine rings is 1. The number of ether oxygens (including phenoxy) is 2. The third-order valence-corrected chi connectivity index (χ3v) is 5.75. The van der Waals surface area contributed by atoms with E-state index < -0.39 is 47.1 Å². The van der Waals surface area contributed by atoms with E-state index >= 15 is 0 Å². The lowest BCUT2D eigenvalue weighted by molar-refractivity contribution is -0.0755. The molecule has 2 saturated heterocycles. The Labute approximate surface area is 178 Å². The molecule has 0 N–H and O–H groups in total. The average Bonchev–Trinajstić information content (AvgIpc) is 2.78. The Morgan fingerprint density at radius 2 is 1.77 bits per heavy atom. The number of halogens is 2. The van der Waals surface area contributed by atoms with Crippen molar-refractivity contribution >= 4 is 11.9 Å². The van der Waals surface area contributed by atoms with E-state index in [1.54, 1.807) is 11.0 Å². The number of benzene rings is 2. The van der Waals surface area contributed by atoms with Gasteiger partial charge in [0.05, 0.1) is 36.4 Å². The van der Waals surface area contributed by atoms with Crippen LogP contribution in [0.1, 0.15) is 34.3 Å². The Balaban J connectivity index is 1.47. The molecule has 2 aromatic rings.